The lowest BCUT2D eigenvalue weighted by Crippen LogP contribution is -2.09. The van der Waals surface area contributed by atoms with Gasteiger partial charge in [0.05, 0.1) is 16.8 Å². The molecular weight excluding hydrogens is 279 g/mol. The lowest BCUT2D eigenvalue weighted by Gasteiger charge is -2.07. The van der Waals surface area contributed by atoms with Crippen molar-refractivity contribution < 1.29 is 18.7 Å². The number of halogens is 2. The second-order valence-corrected chi connectivity index (χ2v) is 4.13. The monoisotopic (exact) mass is 284 g/mol. The average molecular weight is 285 g/mol. The van der Waals surface area contributed by atoms with Crippen LogP contribution in [0, 0.1) is 0 Å². The highest BCUT2D eigenvalue weighted by atomic mass is 35.5. The molecule has 2 rings (SSSR count). The second kappa shape index (κ2) is 5.25. The largest absolute Gasteiger partial charge is 0.457 e. The molecule has 0 saturated heterocycles. The first kappa shape index (κ1) is 12.7. The van der Waals surface area contributed by atoms with Crippen LogP contribution in [-0.2, 0) is 0 Å². The molecule has 2 aromatic rings. The maximum atomic E-state index is 11.7. The summed E-state index contributed by atoms with van der Waals surface area (Å²) in [6, 6.07) is 5.71. The van der Waals surface area contributed by atoms with E-state index in [0.29, 0.717) is 6.29 Å². The Morgan fingerprint density at radius 3 is 2.72 bits per heavy atom. The van der Waals surface area contributed by atoms with Gasteiger partial charge in [0, 0.05) is 5.02 Å². The number of carbonyl (C=O) groups excluding carboxylic acids is 2. The van der Waals surface area contributed by atoms with Crippen molar-refractivity contribution in [1.29, 1.82) is 0 Å². The summed E-state index contributed by atoms with van der Waals surface area (Å²) in [7, 11) is 0. The van der Waals surface area contributed by atoms with Crippen LogP contribution in [0.5, 0.6) is 5.75 Å². The first-order valence-corrected chi connectivity index (χ1v) is 5.57. The molecule has 0 fully saturated rings. The normalized spacial score (nSPS) is 10.1. The molecule has 4 nitrogen and oxygen atoms in total. The van der Waals surface area contributed by atoms with Crippen LogP contribution in [0.1, 0.15) is 20.9 Å². The number of carbonyl (C=O) groups is 2. The van der Waals surface area contributed by atoms with Crippen LogP contribution in [-0.4, -0.2) is 12.3 Å². The molecule has 0 aliphatic carbocycles. The van der Waals surface area contributed by atoms with Crippen LogP contribution in [0.3, 0.4) is 0 Å². The van der Waals surface area contributed by atoms with Gasteiger partial charge in [-0.1, -0.05) is 23.2 Å². The van der Waals surface area contributed by atoms with Crippen LogP contribution in [0.15, 0.2) is 34.9 Å². The maximum absolute atomic E-state index is 11.7. The van der Waals surface area contributed by atoms with Gasteiger partial charge in [0.15, 0.2) is 12.0 Å². The van der Waals surface area contributed by atoms with Gasteiger partial charge in [-0.05, 0) is 24.3 Å². The molecule has 0 radical (unpaired) electrons. The molecule has 0 N–H and O–H groups in total. The SMILES string of the molecule is O=Cc1cc(Cl)cc(Cl)c1OC(=O)c1ccco1. The third-order valence-electron chi connectivity index (χ3n) is 2.08. The number of hydrogen-bond acceptors (Lipinski definition) is 4. The minimum absolute atomic E-state index is 0.0119. The van der Waals surface area contributed by atoms with E-state index in [1.54, 1.807) is 6.07 Å². The van der Waals surface area contributed by atoms with Crippen LogP contribution in [0.4, 0.5) is 0 Å². The Morgan fingerprint density at radius 1 is 1.33 bits per heavy atom. The molecule has 1 aromatic carbocycles. The number of furan rings is 1. The number of benzene rings is 1. The number of aldehydes is 1. The fraction of sp³-hybridized carbons (Fsp3) is 0. The van der Waals surface area contributed by atoms with Gasteiger partial charge < -0.3 is 9.15 Å². The Balaban J connectivity index is 2.34. The zero-order valence-corrected chi connectivity index (χ0v) is 10.4. The van der Waals surface area contributed by atoms with Crippen LogP contribution in [0.25, 0.3) is 0 Å². The number of esters is 1. The first-order chi connectivity index (χ1) is 8.61. The van der Waals surface area contributed by atoms with E-state index >= 15 is 0 Å². The molecule has 0 aliphatic rings. The number of hydrogen-bond donors (Lipinski definition) is 0. The van der Waals surface area contributed by atoms with E-state index in [1.807, 2.05) is 0 Å². The number of rotatable bonds is 3. The van der Waals surface area contributed by atoms with E-state index in [0.717, 1.165) is 0 Å². The van der Waals surface area contributed by atoms with Crippen LogP contribution < -0.4 is 4.74 Å². The fourth-order valence-corrected chi connectivity index (χ4v) is 1.86. The van der Waals surface area contributed by atoms with Crippen LogP contribution in [0.2, 0.25) is 10.0 Å². The van der Waals surface area contributed by atoms with Crippen LogP contribution >= 0.6 is 23.2 Å². The lowest BCUT2D eigenvalue weighted by molar-refractivity contribution is 0.0700. The van der Waals surface area contributed by atoms with E-state index in [4.69, 9.17) is 32.4 Å². The Bertz CT molecular complexity index is 590. The van der Waals surface area contributed by atoms with E-state index in [1.165, 1.54) is 24.5 Å². The third-order valence-corrected chi connectivity index (χ3v) is 2.58. The van der Waals surface area contributed by atoms with Gasteiger partial charge >= 0.3 is 5.97 Å². The van der Waals surface area contributed by atoms with Gasteiger partial charge in [0.25, 0.3) is 0 Å². The second-order valence-electron chi connectivity index (χ2n) is 3.29. The van der Waals surface area contributed by atoms with Crippen molar-refractivity contribution >= 4 is 35.5 Å². The molecule has 0 bridgehead atoms. The van der Waals surface area contributed by atoms with Crippen molar-refractivity contribution in [3.05, 3.63) is 51.9 Å². The molecule has 1 heterocycles. The summed E-state index contributed by atoms with van der Waals surface area (Å²) in [6.07, 6.45) is 1.84. The summed E-state index contributed by atoms with van der Waals surface area (Å²) >= 11 is 11.6. The molecule has 0 unspecified atom stereocenters. The summed E-state index contributed by atoms with van der Waals surface area (Å²) in [4.78, 5) is 22.5. The van der Waals surface area contributed by atoms with Crippen molar-refractivity contribution in [3.63, 3.8) is 0 Å². The maximum Gasteiger partial charge on any atom is 0.379 e. The zero-order valence-electron chi connectivity index (χ0n) is 8.85. The molecule has 0 aliphatic heterocycles. The van der Waals surface area contributed by atoms with Crippen molar-refractivity contribution in [1.82, 2.24) is 0 Å². The van der Waals surface area contributed by atoms with Gasteiger partial charge in [0.1, 0.15) is 0 Å². The molecule has 18 heavy (non-hydrogen) atoms. The molecule has 0 saturated carbocycles. The third kappa shape index (κ3) is 2.55. The summed E-state index contributed by atoms with van der Waals surface area (Å²) in [6.45, 7) is 0. The van der Waals surface area contributed by atoms with Crippen molar-refractivity contribution in [2.75, 3.05) is 0 Å². The molecule has 92 valence electrons. The van der Waals surface area contributed by atoms with Gasteiger partial charge in [-0.15, -0.1) is 0 Å². The van der Waals surface area contributed by atoms with E-state index < -0.39 is 5.97 Å². The van der Waals surface area contributed by atoms with E-state index in [2.05, 4.69) is 0 Å². The standard InChI is InChI=1S/C12H6Cl2O4/c13-8-4-7(6-15)11(9(14)5-8)18-12(16)10-2-1-3-17-10/h1-6H. The van der Waals surface area contributed by atoms with Crippen molar-refractivity contribution in [2.24, 2.45) is 0 Å². The molecule has 0 spiro atoms. The van der Waals surface area contributed by atoms with E-state index in [-0.39, 0.29) is 27.1 Å². The zero-order chi connectivity index (χ0) is 13.1. The Kier molecular flexibility index (Phi) is 3.69. The van der Waals surface area contributed by atoms with Gasteiger partial charge in [-0.2, -0.15) is 0 Å². The summed E-state index contributed by atoms with van der Waals surface area (Å²) in [5, 5.41) is 0.351. The predicted molar refractivity (Wildman–Crippen MR) is 65.5 cm³/mol. The topological polar surface area (TPSA) is 56.5 Å². The smallest absolute Gasteiger partial charge is 0.379 e. The van der Waals surface area contributed by atoms with Crippen molar-refractivity contribution in [3.8, 4) is 5.75 Å². The number of ether oxygens (including phenoxy) is 1. The predicted octanol–water partition coefficient (Wildman–Crippen LogP) is 3.62. The fourth-order valence-electron chi connectivity index (χ4n) is 1.31. The van der Waals surface area contributed by atoms with Gasteiger partial charge in [-0.25, -0.2) is 4.79 Å². The van der Waals surface area contributed by atoms with Gasteiger partial charge in [-0.3, -0.25) is 4.79 Å². The average Bonchev–Trinajstić information content (AvgIpc) is 2.85. The highest BCUT2D eigenvalue weighted by Crippen LogP contribution is 2.32. The summed E-state index contributed by atoms with van der Waals surface area (Å²) in [5.74, 6) is -0.775. The van der Waals surface area contributed by atoms with Crippen molar-refractivity contribution in [2.45, 2.75) is 0 Å². The minimum Gasteiger partial charge on any atom is -0.457 e. The molecule has 0 atom stereocenters. The first-order valence-electron chi connectivity index (χ1n) is 4.81. The molecule has 0 amide bonds. The van der Waals surface area contributed by atoms with E-state index in [9.17, 15) is 9.59 Å². The minimum atomic E-state index is -0.743. The molecule has 1 aromatic heterocycles. The molecular formula is C12H6Cl2O4. The lowest BCUT2D eigenvalue weighted by atomic mass is 10.2. The summed E-state index contributed by atoms with van der Waals surface area (Å²) < 4.78 is 9.88. The van der Waals surface area contributed by atoms with Gasteiger partial charge in [0.2, 0.25) is 5.76 Å². The Morgan fingerprint density at radius 2 is 2.11 bits per heavy atom. The summed E-state index contributed by atoms with van der Waals surface area (Å²) in [5.41, 5.74) is 0.0902. The highest BCUT2D eigenvalue weighted by Gasteiger charge is 2.17. The Labute approximate surface area is 112 Å². The highest BCUT2D eigenvalue weighted by molar-refractivity contribution is 6.36. The quantitative estimate of drug-likeness (QED) is 0.491. The Hall–Kier alpha value is -1.78. The molecule has 6 heteroatoms.